The third-order valence-electron chi connectivity index (χ3n) is 0.737. The summed E-state index contributed by atoms with van der Waals surface area (Å²) in [6.45, 7) is 0. The van der Waals surface area contributed by atoms with Gasteiger partial charge in [-0.1, -0.05) is 0 Å². The SMILES string of the molecule is O=C1SC(=O)C(I)=C1I. The highest BCUT2D eigenvalue weighted by molar-refractivity contribution is 14.1. The number of hydrogen-bond acceptors (Lipinski definition) is 3. The van der Waals surface area contributed by atoms with Crippen molar-refractivity contribution in [1.29, 1.82) is 0 Å². The van der Waals surface area contributed by atoms with E-state index in [-0.39, 0.29) is 10.2 Å². The van der Waals surface area contributed by atoms with Gasteiger partial charge in [0.15, 0.2) is 0 Å². The Morgan fingerprint density at radius 2 is 1.33 bits per heavy atom. The Morgan fingerprint density at radius 1 is 1.00 bits per heavy atom. The van der Waals surface area contributed by atoms with E-state index >= 15 is 0 Å². The Morgan fingerprint density at radius 3 is 1.44 bits per heavy atom. The molecule has 0 saturated carbocycles. The molecule has 0 atom stereocenters. The van der Waals surface area contributed by atoms with E-state index in [1.807, 2.05) is 45.2 Å². The lowest BCUT2D eigenvalue weighted by atomic mass is 10.6. The fraction of sp³-hybridized carbons (Fsp3) is 0. The fourth-order valence-corrected chi connectivity index (χ4v) is 2.42. The molecule has 0 aliphatic carbocycles. The minimum Gasteiger partial charge on any atom is -0.281 e. The van der Waals surface area contributed by atoms with Gasteiger partial charge in [-0.05, 0) is 56.9 Å². The highest BCUT2D eigenvalue weighted by Crippen LogP contribution is 2.35. The Bertz CT molecular complexity index is 199. The summed E-state index contributed by atoms with van der Waals surface area (Å²) in [5.41, 5.74) is 0. The third-order valence-corrected chi connectivity index (χ3v) is 5.34. The van der Waals surface area contributed by atoms with Crippen molar-refractivity contribution in [2.45, 2.75) is 0 Å². The van der Waals surface area contributed by atoms with E-state index in [9.17, 15) is 9.59 Å². The van der Waals surface area contributed by atoms with Gasteiger partial charge in [0.05, 0.1) is 7.16 Å². The molecule has 0 bridgehead atoms. The molecule has 0 aromatic carbocycles. The second-order valence-corrected chi connectivity index (χ2v) is 4.41. The van der Waals surface area contributed by atoms with E-state index in [1.165, 1.54) is 0 Å². The maximum Gasteiger partial charge on any atom is 0.234 e. The first kappa shape index (κ1) is 7.99. The summed E-state index contributed by atoms with van der Waals surface area (Å²) in [5.74, 6) is 0. The summed E-state index contributed by atoms with van der Waals surface area (Å²) in [7, 11) is 0. The predicted molar refractivity (Wildman–Crippen MR) is 52.7 cm³/mol. The lowest BCUT2D eigenvalue weighted by Crippen LogP contribution is -1.82. The van der Waals surface area contributed by atoms with Crippen molar-refractivity contribution in [3.63, 3.8) is 0 Å². The molecule has 2 nitrogen and oxygen atoms in total. The lowest BCUT2D eigenvalue weighted by Gasteiger charge is -1.78. The van der Waals surface area contributed by atoms with Crippen molar-refractivity contribution in [3.05, 3.63) is 7.16 Å². The first-order valence-corrected chi connectivity index (χ1v) is 4.92. The average Bonchev–Trinajstić information content (AvgIpc) is 1.98. The van der Waals surface area contributed by atoms with Crippen LogP contribution in [-0.2, 0) is 9.59 Å². The van der Waals surface area contributed by atoms with E-state index < -0.39 is 0 Å². The molecule has 1 aliphatic rings. The minimum atomic E-state index is -0.120. The molecule has 1 rings (SSSR count). The molecule has 1 heterocycles. The molecule has 0 radical (unpaired) electrons. The van der Waals surface area contributed by atoms with E-state index in [0.717, 1.165) is 11.8 Å². The van der Waals surface area contributed by atoms with Crippen LogP contribution in [-0.4, -0.2) is 10.2 Å². The Balaban J connectivity index is 3.06. The average molecular weight is 366 g/mol. The number of carbonyl (C=O) groups is 2. The topological polar surface area (TPSA) is 34.1 Å². The zero-order chi connectivity index (χ0) is 7.02. The number of rotatable bonds is 0. The number of hydrogen-bond donors (Lipinski definition) is 0. The van der Waals surface area contributed by atoms with Crippen LogP contribution in [0.5, 0.6) is 0 Å². The monoisotopic (exact) mass is 366 g/mol. The summed E-state index contributed by atoms with van der Waals surface area (Å²) in [4.78, 5) is 21.3. The van der Waals surface area contributed by atoms with Crippen LogP contribution in [0.15, 0.2) is 7.16 Å². The second-order valence-electron chi connectivity index (χ2n) is 1.30. The summed E-state index contributed by atoms with van der Waals surface area (Å²) < 4.78 is 1.12. The van der Waals surface area contributed by atoms with Gasteiger partial charge in [-0.2, -0.15) is 0 Å². The minimum absolute atomic E-state index is 0.120. The van der Waals surface area contributed by atoms with Gasteiger partial charge >= 0.3 is 0 Å². The molecular formula is C4I2O2S. The molecule has 48 valence electrons. The third kappa shape index (κ3) is 1.48. The van der Waals surface area contributed by atoms with E-state index in [1.54, 1.807) is 0 Å². The Labute approximate surface area is 83.1 Å². The van der Waals surface area contributed by atoms with Gasteiger partial charge < -0.3 is 0 Å². The second kappa shape index (κ2) is 2.87. The van der Waals surface area contributed by atoms with Crippen molar-refractivity contribution in [2.24, 2.45) is 0 Å². The van der Waals surface area contributed by atoms with Crippen molar-refractivity contribution < 1.29 is 9.59 Å². The molecule has 0 aromatic rings. The molecule has 5 heteroatoms. The van der Waals surface area contributed by atoms with Crippen LogP contribution >= 0.6 is 56.9 Å². The summed E-state index contributed by atoms with van der Waals surface area (Å²) in [6.07, 6.45) is 0. The maximum absolute atomic E-state index is 10.7. The molecule has 0 saturated heterocycles. The first-order chi connectivity index (χ1) is 4.13. The number of halogens is 2. The van der Waals surface area contributed by atoms with Crippen LogP contribution < -0.4 is 0 Å². The maximum atomic E-state index is 10.7. The Kier molecular flexibility index (Phi) is 2.55. The van der Waals surface area contributed by atoms with Gasteiger partial charge in [0.1, 0.15) is 0 Å². The molecule has 0 N–H and O–H groups in total. The molecule has 0 aromatic heterocycles. The van der Waals surface area contributed by atoms with Crippen molar-refractivity contribution in [3.8, 4) is 0 Å². The quantitative estimate of drug-likeness (QED) is 0.614. The lowest BCUT2D eigenvalue weighted by molar-refractivity contribution is -0.107. The van der Waals surface area contributed by atoms with Crippen LogP contribution in [0.1, 0.15) is 0 Å². The van der Waals surface area contributed by atoms with Crippen molar-refractivity contribution in [1.82, 2.24) is 0 Å². The van der Waals surface area contributed by atoms with E-state index in [4.69, 9.17) is 0 Å². The van der Waals surface area contributed by atoms with Crippen LogP contribution in [0.4, 0.5) is 0 Å². The molecule has 9 heavy (non-hydrogen) atoms. The highest BCUT2D eigenvalue weighted by atomic mass is 127. The normalized spacial score (nSPS) is 19.8. The summed E-state index contributed by atoms with van der Waals surface area (Å²) in [5, 5.41) is -0.241. The summed E-state index contributed by atoms with van der Waals surface area (Å²) >= 11 is 4.53. The van der Waals surface area contributed by atoms with Crippen LogP contribution in [0.3, 0.4) is 0 Å². The highest BCUT2D eigenvalue weighted by Gasteiger charge is 2.27. The number of carbonyl (C=O) groups excluding carboxylic acids is 2. The van der Waals surface area contributed by atoms with E-state index in [0.29, 0.717) is 7.16 Å². The molecule has 0 fully saturated rings. The van der Waals surface area contributed by atoms with Crippen molar-refractivity contribution >= 4 is 67.2 Å². The Hall–Kier alpha value is 0.890. The fourth-order valence-electron chi connectivity index (χ4n) is 0.353. The largest absolute Gasteiger partial charge is 0.281 e. The van der Waals surface area contributed by atoms with Gasteiger partial charge in [-0.25, -0.2) is 0 Å². The van der Waals surface area contributed by atoms with Gasteiger partial charge in [-0.15, -0.1) is 0 Å². The van der Waals surface area contributed by atoms with E-state index in [2.05, 4.69) is 0 Å². The molecule has 0 spiro atoms. The smallest absolute Gasteiger partial charge is 0.234 e. The first-order valence-electron chi connectivity index (χ1n) is 1.94. The molecule has 1 aliphatic heterocycles. The summed E-state index contributed by atoms with van der Waals surface area (Å²) in [6, 6.07) is 0. The molecule has 0 amide bonds. The standard InChI is InChI=1S/C4I2O2S/c5-1-2(6)4(8)9-3(1)7. The van der Waals surface area contributed by atoms with Gasteiger partial charge in [0, 0.05) is 0 Å². The number of thioether (sulfide) groups is 1. The van der Waals surface area contributed by atoms with Crippen LogP contribution in [0.25, 0.3) is 0 Å². The van der Waals surface area contributed by atoms with Crippen LogP contribution in [0, 0.1) is 0 Å². The molecule has 0 unspecified atom stereocenters. The zero-order valence-corrected chi connectivity index (χ0v) is 9.11. The predicted octanol–water partition coefficient (Wildman–Crippen LogP) is 1.87. The van der Waals surface area contributed by atoms with Gasteiger partial charge in [-0.3, -0.25) is 9.59 Å². The van der Waals surface area contributed by atoms with Gasteiger partial charge in [0.2, 0.25) is 10.2 Å². The molecular weight excluding hydrogens is 366 g/mol. The zero-order valence-electron chi connectivity index (χ0n) is 3.98. The van der Waals surface area contributed by atoms with Gasteiger partial charge in [0.25, 0.3) is 0 Å². The van der Waals surface area contributed by atoms with Crippen LogP contribution in [0.2, 0.25) is 0 Å². The van der Waals surface area contributed by atoms with Crippen molar-refractivity contribution in [2.75, 3.05) is 0 Å².